The topological polar surface area (TPSA) is 38.8 Å². The van der Waals surface area contributed by atoms with E-state index in [1.165, 1.54) is 29.2 Å². The van der Waals surface area contributed by atoms with E-state index in [1.54, 1.807) is 13.2 Å². The number of ether oxygens (including phenoxy) is 2. The van der Waals surface area contributed by atoms with Gasteiger partial charge in [0.25, 0.3) is 11.5 Å². The fraction of sp³-hybridized carbons (Fsp3) is 0.435. The van der Waals surface area contributed by atoms with Crippen LogP contribution in [0, 0.1) is 0 Å². The van der Waals surface area contributed by atoms with Crippen LogP contribution in [0.15, 0.2) is 54.6 Å². The van der Waals surface area contributed by atoms with Crippen molar-refractivity contribution in [2.24, 2.45) is 0 Å². The van der Waals surface area contributed by atoms with E-state index in [9.17, 15) is 18.0 Å². The Morgan fingerprint density at radius 2 is 1.77 bits per heavy atom. The van der Waals surface area contributed by atoms with Crippen LogP contribution < -0.4 is 4.74 Å². The van der Waals surface area contributed by atoms with Crippen molar-refractivity contribution in [2.75, 3.05) is 27.3 Å². The molecule has 1 heterocycles. The van der Waals surface area contributed by atoms with Gasteiger partial charge in [-0.05, 0) is 30.5 Å². The monoisotopic (exact) mass is 421 g/mol. The third-order valence-corrected chi connectivity index (χ3v) is 5.94. The number of hydrogen-bond donors (Lipinski definition) is 0. The van der Waals surface area contributed by atoms with E-state index < -0.39 is 23.1 Å². The molecule has 2 atom stereocenters. The van der Waals surface area contributed by atoms with Gasteiger partial charge in [-0.2, -0.15) is 13.2 Å². The molecule has 4 nitrogen and oxygen atoms in total. The molecule has 0 bridgehead atoms. The van der Waals surface area contributed by atoms with Crippen LogP contribution in [0.5, 0.6) is 5.75 Å². The number of carbonyl (C=O) groups excluding carboxylic acids is 1. The van der Waals surface area contributed by atoms with Gasteiger partial charge in [-0.3, -0.25) is 4.79 Å². The van der Waals surface area contributed by atoms with Crippen LogP contribution in [0.1, 0.15) is 30.9 Å². The molecule has 0 aliphatic carbocycles. The molecule has 30 heavy (non-hydrogen) atoms. The maximum absolute atomic E-state index is 14.3. The van der Waals surface area contributed by atoms with Crippen molar-refractivity contribution in [2.45, 2.75) is 37.0 Å². The van der Waals surface area contributed by atoms with Crippen molar-refractivity contribution >= 4 is 5.91 Å². The molecule has 162 valence electrons. The van der Waals surface area contributed by atoms with Crippen molar-refractivity contribution in [1.82, 2.24) is 4.90 Å². The maximum Gasteiger partial charge on any atom is 0.430 e. The molecule has 1 fully saturated rings. The fourth-order valence-corrected chi connectivity index (χ4v) is 4.27. The van der Waals surface area contributed by atoms with E-state index in [2.05, 4.69) is 0 Å². The summed E-state index contributed by atoms with van der Waals surface area (Å²) in [6, 6.07) is 14.6. The van der Waals surface area contributed by atoms with E-state index in [1.807, 2.05) is 31.2 Å². The molecule has 1 amide bonds. The van der Waals surface area contributed by atoms with Gasteiger partial charge in [0.05, 0.1) is 7.11 Å². The number of halogens is 3. The van der Waals surface area contributed by atoms with Crippen LogP contribution >= 0.6 is 0 Å². The molecule has 1 saturated heterocycles. The average Bonchev–Trinajstić information content (AvgIpc) is 2.74. The van der Waals surface area contributed by atoms with Gasteiger partial charge in [0.2, 0.25) is 0 Å². The van der Waals surface area contributed by atoms with Crippen molar-refractivity contribution in [3.63, 3.8) is 0 Å². The lowest BCUT2D eigenvalue weighted by Gasteiger charge is -2.45. The molecule has 3 rings (SSSR count). The molecule has 0 aromatic heterocycles. The van der Waals surface area contributed by atoms with Crippen LogP contribution in [0.2, 0.25) is 0 Å². The number of rotatable bonds is 5. The number of likely N-dealkylation sites (tertiary alicyclic amines) is 1. The number of amides is 1. The second kappa shape index (κ2) is 8.30. The number of piperidine rings is 1. The van der Waals surface area contributed by atoms with Gasteiger partial charge in [0, 0.05) is 31.2 Å². The highest BCUT2D eigenvalue weighted by atomic mass is 19.4. The summed E-state index contributed by atoms with van der Waals surface area (Å²) < 4.78 is 53.1. The summed E-state index contributed by atoms with van der Waals surface area (Å²) in [6.07, 6.45) is -3.57. The molecular weight excluding hydrogens is 395 g/mol. The first-order chi connectivity index (χ1) is 14.2. The van der Waals surface area contributed by atoms with Crippen molar-refractivity contribution in [1.29, 1.82) is 0 Å². The highest BCUT2D eigenvalue weighted by molar-refractivity contribution is 5.88. The number of benzene rings is 2. The molecule has 2 unspecified atom stereocenters. The summed E-state index contributed by atoms with van der Waals surface area (Å²) >= 11 is 0. The van der Waals surface area contributed by atoms with Crippen LogP contribution in [-0.4, -0.2) is 44.3 Å². The number of nitrogens with zero attached hydrogens (tertiary/aromatic N) is 1. The van der Waals surface area contributed by atoms with Crippen molar-refractivity contribution < 1.29 is 27.4 Å². The molecular formula is C23H26F3NO3. The zero-order valence-corrected chi connectivity index (χ0v) is 17.3. The van der Waals surface area contributed by atoms with Gasteiger partial charge in [0.15, 0.2) is 0 Å². The Hall–Kier alpha value is -2.54. The van der Waals surface area contributed by atoms with Crippen LogP contribution in [-0.2, 0) is 20.5 Å². The van der Waals surface area contributed by atoms with Crippen LogP contribution in [0.3, 0.4) is 0 Å². The summed E-state index contributed by atoms with van der Waals surface area (Å²) in [5, 5.41) is 0. The Morgan fingerprint density at radius 1 is 1.07 bits per heavy atom. The highest BCUT2D eigenvalue weighted by Crippen LogP contribution is 2.45. The SMILES string of the molecule is COc1cccc(C2(C)CCCN(C(=O)C(OC)(c3ccccc3)C(F)(F)F)C2)c1. The van der Waals surface area contributed by atoms with Gasteiger partial charge >= 0.3 is 6.18 Å². The first-order valence-corrected chi connectivity index (χ1v) is 9.79. The van der Waals surface area contributed by atoms with Gasteiger partial charge < -0.3 is 14.4 Å². The Kier molecular flexibility index (Phi) is 6.13. The fourth-order valence-electron chi connectivity index (χ4n) is 4.27. The second-order valence-electron chi connectivity index (χ2n) is 7.87. The summed E-state index contributed by atoms with van der Waals surface area (Å²) in [5.41, 5.74) is -2.83. The Labute approximate surface area is 174 Å². The average molecular weight is 421 g/mol. The molecule has 0 N–H and O–H groups in total. The zero-order chi connectivity index (χ0) is 22.0. The molecule has 0 spiro atoms. The predicted molar refractivity (Wildman–Crippen MR) is 107 cm³/mol. The highest BCUT2D eigenvalue weighted by Gasteiger charge is 2.64. The normalized spacial score (nSPS) is 21.7. The van der Waals surface area contributed by atoms with Crippen LogP contribution in [0.25, 0.3) is 0 Å². The second-order valence-corrected chi connectivity index (χ2v) is 7.87. The summed E-state index contributed by atoms with van der Waals surface area (Å²) in [7, 11) is 2.50. The summed E-state index contributed by atoms with van der Waals surface area (Å²) in [6.45, 7) is 2.37. The molecule has 7 heteroatoms. The number of hydrogen-bond acceptors (Lipinski definition) is 3. The minimum Gasteiger partial charge on any atom is -0.497 e. The van der Waals surface area contributed by atoms with Crippen molar-refractivity contribution in [3.05, 3.63) is 65.7 Å². The maximum atomic E-state index is 14.3. The number of carbonyl (C=O) groups is 1. The predicted octanol–water partition coefficient (Wildman–Crippen LogP) is 4.68. The third-order valence-electron chi connectivity index (χ3n) is 5.94. The molecule has 0 saturated carbocycles. The third kappa shape index (κ3) is 3.78. The Morgan fingerprint density at radius 3 is 2.37 bits per heavy atom. The van der Waals surface area contributed by atoms with Crippen molar-refractivity contribution in [3.8, 4) is 5.75 Å². The van der Waals surface area contributed by atoms with Gasteiger partial charge in [0.1, 0.15) is 5.75 Å². The van der Waals surface area contributed by atoms with E-state index in [0.717, 1.165) is 19.1 Å². The quantitative estimate of drug-likeness (QED) is 0.704. The molecule has 0 radical (unpaired) electrons. The smallest absolute Gasteiger partial charge is 0.430 e. The molecule has 1 aliphatic heterocycles. The first-order valence-electron chi connectivity index (χ1n) is 9.79. The van der Waals surface area contributed by atoms with E-state index >= 15 is 0 Å². The number of methoxy groups -OCH3 is 2. The zero-order valence-electron chi connectivity index (χ0n) is 17.3. The van der Waals surface area contributed by atoms with Gasteiger partial charge in [-0.25, -0.2) is 0 Å². The summed E-state index contributed by atoms with van der Waals surface area (Å²) in [5.74, 6) is -0.416. The van der Waals surface area contributed by atoms with Gasteiger partial charge in [-0.15, -0.1) is 0 Å². The Bertz CT molecular complexity index is 887. The van der Waals surface area contributed by atoms with Gasteiger partial charge in [-0.1, -0.05) is 49.4 Å². The number of alkyl halides is 3. The first kappa shape index (κ1) is 22.2. The van der Waals surface area contributed by atoms with E-state index in [4.69, 9.17) is 9.47 Å². The Balaban J connectivity index is 1.99. The molecule has 2 aromatic carbocycles. The lowest BCUT2D eigenvalue weighted by Crippen LogP contribution is -2.60. The van der Waals surface area contributed by atoms with Crippen LogP contribution in [0.4, 0.5) is 13.2 Å². The van der Waals surface area contributed by atoms with E-state index in [-0.39, 0.29) is 18.7 Å². The molecule has 2 aromatic rings. The standard InChI is InChI=1S/C23H26F3NO3/c1-21(18-11-7-12-19(15-18)29-2)13-8-14-27(16-21)20(28)22(30-3,23(24,25)26)17-9-5-4-6-10-17/h4-7,9-12,15H,8,13-14,16H2,1-3H3. The molecule has 1 aliphatic rings. The minimum atomic E-state index is -4.91. The lowest BCUT2D eigenvalue weighted by atomic mass is 9.75. The largest absolute Gasteiger partial charge is 0.497 e. The van der Waals surface area contributed by atoms with E-state index in [0.29, 0.717) is 12.2 Å². The lowest BCUT2D eigenvalue weighted by molar-refractivity contribution is -0.271. The summed E-state index contributed by atoms with van der Waals surface area (Å²) in [4.78, 5) is 14.7. The minimum absolute atomic E-state index is 0.160.